The summed E-state index contributed by atoms with van der Waals surface area (Å²) in [5, 5.41) is 2.15. The summed E-state index contributed by atoms with van der Waals surface area (Å²) in [6.07, 6.45) is 0.466. The van der Waals surface area contributed by atoms with E-state index in [9.17, 15) is 4.39 Å². The maximum Gasteiger partial charge on any atom is 0.145 e. The van der Waals surface area contributed by atoms with Crippen molar-refractivity contribution < 1.29 is 4.39 Å². The summed E-state index contributed by atoms with van der Waals surface area (Å²) >= 11 is 7.35. The number of aryl methyl sites for hydroxylation is 1. The molecule has 90 valence electrons. The lowest BCUT2D eigenvalue weighted by atomic mass is 10.0. The van der Waals surface area contributed by atoms with Crippen molar-refractivity contribution in [2.24, 2.45) is 5.73 Å². The Hall–Kier alpha value is -0.900. The minimum Gasteiger partial charge on any atom is -0.323 e. The van der Waals surface area contributed by atoms with Crippen molar-refractivity contribution in [1.29, 1.82) is 0 Å². The second-order valence-electron chi connectivity index (χ2n) is 3.99. The van der Waals surface area contributed by atoms with Gasteiger partial charge in [0.1, 0.15) is 5.82 Å². The van der Waals surface area contributed by atoms with Gasteiger partial charge in [0.15, 0.2) is 0 Å². The van der Waals surface area contributed by atoms with E-state index in [1.54, 1.807) is 29.5 Å². The summed E-state index contributed by atoms with van der Waals surface area (Å²) in [6.45, 7) is 2.01. The molecule has 0 amide bonds. The number of nitrogens with two attached hydrogens (primary N) is 1. The minimum absolute atomic E-state index is 0.151. The molecule has 0 saturated carbocycles. The predicted octanol–water partition coefficient (Wildman–Crippen LogP) is 4.09. The van der Waals surface area contributed by atoms with E-state index in [1.165, 1.54) is 0 Å². The first-order valence-corrected chi connectivity index (χ1v) is 6.58. The number of halogens is 2. The lowest BCUT2D eigenvalue weighted by Crippen LogP contribution is -2.13. The molecule has 2 N–H and O–H groups in total. The zero-order valence-electron chi connectivity index (χ0n) is 9.41. The Morgan fingerprint density at radius 1 is 1.41 bits per heavy atom. The number of hydrogen-bond acceptors (Lipinski definition) is 2. The molecule has 0 aliphatic rings. The Morgan fingerprint density at radius 3 is 2.82 bits per heavy atom. The van der Waals surface area contributed by atoms with Crippen molar-refractivity contribution in [2.45, 2.75) is 19.4 Å². The van der Waals surface area contributed by atoms with E-state index >= 15 is 0 Å². The van der Waals surface area contributed by atoms with Crippen LogP contribution in [0.4, 0.5) is 4.39 Å². The molecule has 1 unspecified atom stereocenters. The van der Waals surface area contributed by atoms with E-state index in [2.05, 4.69) is 0 Å². The Bertz CT molecular complexity index is 524. The van der Waals surface area contributed by atoms with Crippen LogP contribution in [0.5, 0.6) is 0 Å². The highest BCUT2D eigenvalue weighted by Crippen LogP contribution is 2.27. The smallest absolute Gasteiger partial charge is 0.145 e. The van der Waals surface area contributed by atoms with Gasteiger partial charge < -0.3 is 5.73 Å². The Morgan fingerprint density at radius 2 is 2.18 bits per heavy atom. The van der Waals surface area contributed by atoms with E-state index in [4.69, 9.17) is 17.3 Å². The van der Waals surface area contributed by atoms with Gasteiger partial charge in [0.25, 0.3) is 0 Å². The monoisotopic (exact) mass is 269 g/mol. The molecule has 17 heavy (non-hydrogen) atoms. The third-order valence-electron chi connectivity index (χ3n) is 2.71. The van der Waals surface area contributed by atoms with E-state index in [-0.39, 0.29) is 16.9 Å². The molecule has 0 fully saturated rings. The van der Waals surface area contributed by atoms with Crippen LogP contribution in [0.15, 0.2) is 29.6 Å². The first kappa shape index (κ1) is 12.6. The SMILES string of the molecule is Cc1ccsc1C(N)Cc1cccc(Cl)c1F. The van der Waals surface area contributed by atoms with Gasteiger partial charge in [-0.2, -0.15) is 0 Å². The molecule has 0 aliphatic heterocycles. The fourth-order valence-electron chi connectivity index (χ4n) is 1.80. The molecule has 2 rings (SSSR count). The van der Waals surface area contributed by atoms with Crippen LogP contribution >= 0.6 is 22.9 Å². The standard InChI is InChI=1S/C13H13ClFNS/c1-8-5-6-17-13(8)11(16)7-9-3-2-4-10(14)12(9)15/h2-6,11H,7,16H2,1H3. The van der Waals surface area contributed by atoms with Gasteiger partial charge in [0.05, 0.1) is 5.02 Å². The molecule has 0 aliphatic carbocycles. The fourth-order valence-corrected chi connectivity index (χ4v) is 2.92. The van der Waals surface area contributed by atoms with Crippen LogP contribution in [0.25, 0.3) is 0 Å². The molecular formula is C13H13ClFNS. The van der Waals surface area contributed by atoms with E-state index in [0.29, 0.717) is 12.0 Å². The zero-order chi connectivity index (χ0) is 12.4. The van der Waals surface area contributed by atoms with Gasteiger partial charge in [-0.15, -0.1) is 11.3 Å². The Kier molecular flexibility index (Phi) is 3.82. The van der Waals surface area contributed by atoms with Crippen molar-refractivity contribution in [3.8, 4) is 0 Å². The summed E-state index contributed by atoms with van der Waals surface area (Å²) in [5.74, 6) is -0.362. The Labute approximate surface area is 109 Å². The average molecular weight is 270 g/mol. The molecule has 0 saturated heterocycles. The van der Waals surface area contributed by atoms with Gasteiger partial charge in [0.2, 0.25) is 0 Å². The van der Waals surface area contributed by atoms with Crippen molar-refractivity contribution in [2.75, 3.05) is 0 Å². The number of hydrogen-bond donors (Lipinski definition) is 1. The van der Waals surface area contributed by atoms with E-state index < -0.39 is 0 Å². The third kappa shape index (κ3) is 2.68. The number of benzene rings is 1. The lowest BCUT2D eigenvalue weighted by molar-refractivity contribution is 0.595. The molecular weight excluding hydrogens is 257 g/mol. The summed E-state index contributed by atoms with van der Waals surface area (Å²) < 4.78 is 13.7. The predicted molar refractivity (Wildman–Crippen MR) is 71.1 cm³/mol. The quantitative estimate of drug-likeness (QED) is 0.892. The second-order valence-corrected chi connectivity index (χ2v) is 5.35. The highest BCUT2D eigenvalue weighted by Gasteiger charge is 2.14. The molecule has 0 bridgehead atoms. The van der Waals surface area contributed by atoms with Gasteiger partial charge in [-0.05, 0) is 42.0 Å². The maximum absolute atomic E-state index is 13.7. The van der Waals surface area contributed by atoms with Crippen LogP contribution in [-0.4, -0.2) is 0 Å². The highest BCUT2D eigenvalue weighted by atomic mass is 35.5. The van der Waals surface area contributed by atoms with Crippen molar-refractivity contribution in [3.63, 3.8) is 0 Å². The van der Waals surface area contributed by atoms with Gasteiger partial charge in [0, 0.05) is 10.9 Å². The van der Waals surface area contributed by atoms with Crippen molar-refractivity contribution in [1.82, 2.24) is 0 Å². The van der Waals surface area contributed by atoms with Crippen LogP contribution < -0.4 is 5.73 Å². The molecule has 1 aromatic heterocycles. The van der Waals surface area contributed by atoms with E-state index in [0.717, 1.165) is 10.4 Å². The van der Waals surface area contributed by atoms with Crippen LogP contribution in [0.2, 0.25) is 5.02 Å². The van der Waals surface area contributed by atoms with Crippen LogP contribution in [0.1, 0.15) is 22.0 Å². The summed E-state index contributed by atoms with van der Waals surface area (Å²) in [4.78, 5) is 1.10. The summed E-state index contributed by atoms with van der Waals surface area (Å²) in [6, 6.07) is 6.86. The minimum atomic E-state index is -0.362. The second kappa shape index (κ2) is 5.17. The largest absolute Gasteiger partial charge is 0.323 e. The van der Waals surface area contributed by atoms with E-state index in [1.807, 2.05) is 18.4 Å². The number of rotatable bonds is 3. The Balaban J connectivity index is 2.22. The fraction of sp³-hybridized carbons (Fsp3) is 0.231. The van der Waals surface area contributed by atoms with Crippen LogP contribution in [0, 0.1) is 12.7 Å². The van der Waals surface area contributed by atoms with Gasteiger partial charge in [-0.3, -0.25) is 0 Å². The van der Waals surface area contributed by atoms with Crippen molar-refractivity contribution >= 4 is 22.9 Å². The van der Waals surface area contributed by atoms with Gasteiger partial charge in [-0.25, -0.2) is 4.39 Å². The zero-order valence-corrected chi connectivity index (χ0v) is 11.0. The topological polar surface area (TPSA) is 26.0 Å². The molecule has 0 spiro atoms. The first-order valence-electron chi connectivity index (χ1n) is 5.32. The molecule has 4 heteroatoms. The first-order chi connectivity index (χ1) is 8.09. The van der Waals surface area contributed by atoms with Gasteiger partial charge >= 0.3 is 0 Å². The van der Waals surface area contributed by atoms with Crippen LogP contribution in [-0.2, 0) is 6.42 Å². The summed E-state index contributed by atoms with van der Waals surface area (Å²) in [5.41, 5.74) is 7.82. The lowest BCUT2D eigenvalue weighted by Gasteiger charge is -2.12. The molecule has 0 radical (unpaired) electrons. The molecule has 1 nitrogen and oxygen atoms in total. The average Bonchev–Trinajstić information content (AvgIpc) is 2.71. The van der Waals surface area contributed by atoms with Crippen molar-refractivity contribution in [3.05, 3.63) is 56.5 Å². The van der Waals surface area contributed by atoms with Crippen LogP contribution in [0.3, 0.4) is 0 Å². The summed E-state index contributed by atoms with van der Waals surface area (Å²) in [7, 11) is 0. The molecule has 1 atom stereocenters. The molecule has 1 aromatic carbocycles. The highest BCUT2D eigenvalue weighted by molar-refractivity contribution is 7.10. The van der Waals surface area contributed by atoms with Gasteiger partial charge in [-0.1, -0.05) is 23.7 Å². The maximum atomic E-state index is 13.7. The normalized spacial score (nSPS) is 12.7. The molecule has 1 heterocycles. The third-order valence-corrected chi connectivity index (χ3v) is 4.15. The molecule has 2 aromatic rings. The number of thiophene rings is 1.